The van der Waals surface area contributed by atoms with E-state index in [0.29, 0.717) is 10.8 Å². The van der Waals surface area contributed by atoms with E-state index in [1.807, 2.05) is 0 Å². The van der Waals surface area contributed by atoms with Gasteiger partial charge in [-0.25, -0.2) is 0 Å². The van der Waals surface area contributed by atoms with Crippen molar-refractivity contribution in [2.45, 2.75) is 38.5 Å². The molecule has 1 aromatic rings. The van der Waals surface area contributed by atoms with Crippen LogP contribution in [0.1, 0.15) is 38.5 Å². The number of esters is 1. The zero-order valence-corrected chi connectivity index (χ0v) is 12.2. The number of hydrogen-bond donors (Lipinski definition) is 0. The summed E-state index contributed by atoms with van der Waals surface area (Å²) in [5, 5.41) is 0.666. The molecular weight excluding hydrogens is 272 g/mol. The van der Waals surface area contributed by atoms with Gasteiger partial charge in [-0.1, -0.05) is 11.6 Å². The van der Waals surface area contributed by atoms with E-state index in [1.165, 1.54) is 19.3 Å². The predicted octanol–water partition coefficient (Wildman–Crippen LogP) is 4.46. The van der Waals surface area contributed by atoms with E-state index >= 15 is 0 Å². The Bertz CT molecular complexity index is 499. The lowest BCUT2D eigenvalue weighted by Gasteiger charge is -2.55. The van der Waals surface area contributed by atoms with Crippen LogP contribution in [-0.4, -0.2) is 5.97 Å². The summed E-state index contributed by atoms with van der Waals surface area (Å²) in [6.45, 7) is 0. The van der Waals surface area contributed by atoms with Crippen molar-refractivity contribution < 1.29 is 9.53 Å². The first kappa shape index (κ1) is 12.7. The van der Waals surface area contributed by atoms with Gasteiger partial charge in [-0.2, -0.15) is 0 Å². The summed E-state index contributed by atoms with van der Waals surface area (Å²) in [5.41, 5.74) is -0.186. The maximum Gasteiger partial charge on any atom is 0.317 e. The fourth-order valence-electron chi connectivity index (χ4n) is 5.08. The topological polar surface area (TPSA) is 26.3 Å². The van der Waals surface area contributed by atoms with Gasteiger partial charge in [0.15, 0.2) is 0 Å². The minimum Gasteiger partial charge on any atom is -0.426 e. The van der Waals surface area contributed by atoms with Gasteiger partial charge in [-0.05, 0) is 80.5 Å². The molecule has 3 heteroatoms. The first-order valence-corrected chi connectivity index (χ1v) is 7.99. The van der Waals surface area contributed by atoms with Crippen LogP contribution in [0, 0.1) is 23.2 Å². The molecule has 0 heterocycles. The molecule has 4 bridgehead atoms. The highest BCUT2D eigenvalue weighted by Gasteiger charge is 2.55. The van der Waals surface area contributed by atoms with Crippen molar-refractivity contribution in [3.8, 4) is 5.75 Å². The second kappa shape index (κ2) is 4.49. The average Bonchev–Trinajstić information content (AvgIpc) is 2.40. The molecule has 0 saturated heterocycles. The summed E-state index contributed by atoms with van der Waals surface area (Å²) >= 11 is 5.86. The van der Waals surface area contributed by atoms with Gasteiger partial charge in [-0.15, -0.1) is 0 Å². The molecule has 4 aliphatic carbocycles. The highest BCUT2D eigenvalue weighted by molar-refractivity contribution is 6.30. The highest BCUT2D eigenvalue weighted by Crippen LogP contribution is 2.60. The number of hydrogen-bond acceptors (Lipinski definition) is 2. The molecule has 4 saturated carbocycles. The summed E-state index contributed by atoms with van der Waals surface area (Å²) in [5.74, 6) is 2.91. The number of carbonyl (C=O) groups excluding carboxylic acids is 1. The standard InChI is InChI=1S/C17H19ClO2/c18-14-1-3-15(4-2-14)20-16(19)17-8-11-5-12(9-17)7-13(6-11)10-17/h1-4,11-13H,5-10H2. The van der Waals surface area contributed by atoms with E-state index < -0.39 is 0 Å². The summed E-state index contributed by atoms with van der Waals surface area (Å²) in [7, 11) is 0. The molecule has 0 aliphatic heterocycles. The first-order valence-electron chi connectivity index (χ1n) is 7.61. The van der Waals surface area contributed by atoms with Crippen molar-refractivity contribution in [1.82, 2.24) is 0 Å². The minimum atomic E-state index is -0.186. The molecular formula is C17H19ClO2. The van der Waals surface area contributed by atoms with Gasteiger partial charge in [0.1, 0.15) is 5.75 Å². The van der Waals surface area contributed by atoms with Gasteiger partial charge in [0, 0.05) is 5.02 Å². The van der Waals surface area contributed by atoms with Crippen LogP contribution in [0.3, 0.4) is 0 Å². The average molecular weight is 291 g/mol. The molecule has 0 radical (unpaired) electrons. The van der Waals surface area contributed by atoms with E-state index in [1.54, 1.807) is 24.3 Å². The van der Waals surface area contributed by atoms with Gasteiger partial charge in [0.25, 0.3) is 0 Å². The zero-order chi connectivity index (χ0) is 13.7. The molecule has 0 aromatic heterocycles. The van der Waals surface area contributed by atoms with Crippen molar-refractivity contribution in [2.75, 3.05) is 0 Å². The van der Waals surface area contributed by atoms with Gasteiger partial charge in [0.05, 0.1) is 5.41 Å². The third-order valence-electron chi connectivity index (χ3n) is 5.50. The summed E-state index contributed by atoms with van der Waals surface area (Å²) in [4.78, 5) is 12.7. The smallest absolute Gasteiger partial charge is 0.317 e. The van der Waals surface area contributed by atoms with Crippen LogP contribution in [-0.2, 0) is 4.79 Å². The highest BCUT2D eigenvalue weighted by atomic mass is 35.5. The van der Waals surface area contributed by atoms with Gasteiger partial charge in [0.2, 0.25) is 0 Å². The summed E-state index contributed by atoms with van der Waals surface area (Å²) in [6.07, 6.45) is 7.16. The van der Waals surface area contributed by atoms with E-state index in [-0.39, 0.29) is 11.4 Å². The van der Waals surface area contributed by atoms with Crippen LogP contribution < -0.4 is 4.74 Å². The molecule has 4 fully saturated rings. The largest absolute Gasteiger partial charge is 0.426 e. The van der Waals surface area contributed by atoms with Crippen molar-refractivity contribution >= 4 is 17.6 Å². The lowest BCUT2D eigenvalue weighted by Crippen LogP contribution is -2.51. The Morgan fingerprint density at radius 2 is 1.50 bits per heavy atom. The molecule has 0 unspecified atom stereocenters. The molecule has 0 amide bonds. The minimum absolute atomic E-state index is 0.000998. The summed E-state index contributed by atoms with van der Waals surface area (Å²) in [6, 6.07) is 7.09. The molecule has 20 heavy (non-hydrogen) atoms. The molecule has 0 spiro atoms. The zero-order valence-electron chi connectivity index (χ0n) is 11.5. The molecule has 2 nitrogen and oxygen atoms in total. The Labute approximate surface area is 124 Å². The normalized spacial score (nSPS) is 38.0. The van der Waals surface area contributed by atoms with Gasteiger partial charge >= 0.3 is 5.97 Å². The van der Waals surface area contributed by atoms with Gasteiger partial charge < -0.3 is 4.74 Å². The summed E-state index contributed by atoms with van der Waals surface area (Å²) < 4.78 is 5.66. The van der Waals surface area contributed by atoms with Crippen LogP contribution >= 0.6 is 11.6 Å². The first-order chi connectivity index (χ1) is 9.63. The molecule has 0 atom stereocenters. The number of rotatable bonds is 2. The number of halogens is 1. The van der Waals surface area contributed by atoms with Crippen molar-refractivity contribution in [3.05, 3.63) is 29.3 Å². The Balaban J connectivity index is 1.54. The molecule has 106 valence electrons. The van der Waals surface area contributed by atoms with E-state index in [4.69, 9.17) is 16.3 Å². The lowest BCUT2D eigenvalue weighted by molar-refractivity contribution is -0.161. The third kappa shape index (κ3) is 2.05. The van der Waals surface area contributed by atoms with E-state index in [2.05, 4.69) is 0 Å². The van der Waals surface area contributed by atoms with Crippen LogP contribution in [0.4, 0.5) is 0 Å². The predicted molar refractivity (Wildman–Crippen MR) is 77.7 cm³/mol. The van der Waals surface area contributed by atoms with Crippen LogP contribution in [0.15, 0.2) is 24.3 Å². The third-order valence-corrected chi connectivity index (χ3v) is 5.75. The Kier molecular flexibility index (Phi) is 2.85. The SMILES string of the molecule is O=C(Oc1ccc(Cl)cc1)C12CC3CC(CC(C3)C1)C2. The fourth-order valence-corrected chi connectivity index (χ4v) is 5.20. The number of carbonyl (C=O) groups is 1. The van der Waals surface area contributed by atoms with E-state index in [9.17, 15) is 4.79 Å². The number of benzene rings is 1. The van der Waals surface area contributed by atoms with Crippen LogP contribution in [0.2, 0.25) is 5.02 Å². The van der Waals surface area contributed by atoms with Crippen LogP contribution in [0.25, 0.3) is 0 Å². The van der Waals surface area contributed by atoms with Crippen molar-refractivity contribution in [3.63, 3.8) is 0 Å². The Hall–Kier alpha value is -1.02. The molecule has 5 rings (SSSR count). The Morgan fingerprint density at radius 3 is 2.00 bits per heavy atom. The molecule has 4 aliphatic rings. The van der Waals surface area contributed by atoms with Crippen molar-refractivity contribution in [2.24, 2.45) is 23.2 Å². The quantitative estimate of drug-likeness (QED) is 0.594. The monoisotopic (exact) mass is 290 g/mol. The lowest BCUT2D eigenvalue weighted by atomic mass is 9.49. The molecule has 1 aromatic carbocycles. The van der Waals surface area contributed by atoms with Gasteiger partial charge in [-0.3, -0.25) is 4.79 Å². The maximum absolute atomic E-state index is 12.7. The Morgan fingerprint density at radius 1 is 1.00 bits per heavy atom. The number of ether oxygens (including phenoxy) is 1. The van der Waals surface area contributed by atoms with Crippen LogP contribution in [0.5, 0.6) is 5.75 Å². The van der Waals surface area contributed by atoms with E-state index in [0.717, 1.165) is 37.0 Å². The maximum atomic E-state index is 12.7. The second-order valence-electron chi connectivity index (χ2n) is 7.04. The molecule has 0 N–H and O–H groups in total. The second-order valence-corrected chi connectivity index (χ2v) is 7.48. The van der Waals surface area contributed by atoms with Crippen molar-refractivity contribution in [1.29, 1.82) is 0 Å². The fraction of sp³-hybridized carbons (Fsp3) is 0.588.